The van der Waals surface area contributed by atoms with E-state index in [9.17, 15) is 4.39 Å². The number of nitrogens with zero attached hydrogens (tertiary/aromatic N) is 2. The van der Waals surface area contributed by atoms with Crippen LogP contribution in [0.1, 0.15) is 12.8 Å². The Hall–Kier alpha value is -1.58. The first-order valence-corrected chi connectivity index (χ1v) is 6.01. The minimum Gasteiger partial charge on any atom is -0.464 e. The van der Waals surface area contributed by atoms with E-state index in [2.05, 4.69) is 9.88 Å². The molecule has 4 heteroatoms. The van der Waals surface area contributed by atoms with Crippen LogP contribution in [0.4, 0.5) is 10.2 Å². The highest BCUT2D eigenvalue weighted by Crippen LogP contribution is 2.28. The largest absolute Gasteiger partial charge is 0.464 e. The first-order valence-electron chi connectivity index (χ1n) is 6.01. The molecular weight excluding hydrogens is 219 g/mol. The summed E-state index contributed by atoms with van der Waals surface area (Å²) in [6.45, 7) is 1.47. The van der Waals surface area contributed by atoms with Crippen LogP contribution in [0.5, 0.6) is 0 Å². The molecule has 2 aromatic rings. The lowest BCUT2D eigenvalue weighted by Crippen LogP contribution is -2.36. The van der Waals surface area contributed by atoms with Crippen molar-refractivity contribution in [2.24, 2.45) is 5.92 Å². The van der Waals surface area contributed by atoms with E-state index >= 15 is 0 Å². The van der Waals surface area contributed by atoms with Crippen LogP contribution >= 0.6 is 0 Å². The maximum Gasteiger partial charge on any atom is 0.139 e. The molecule has 0 aliphatic carbocycles. The van der Waals surface area contributed by atoms with Gasteiger partial charge in [0, 0.05) is 25.2 Å². The lowest BCUT2D eigenvalue weighted by atomic mass is 9.99. The summed E-state index contributed by atoms with van der Waals surface area (Å²) in [6, 6.07) is 3.78. The number of alkyl halides is 1. The van der Waals surface area contributed by atoms with Crippen LogP contribution in [0.2, 0.25) is 0 Å². The second-order valence-electron chi connectivity index (χ2n) is 4.58. The predicted molar refractivity (Wildman–Crippen MR) is 64.9 cm³/mol. The average Bonchev–Trinajstić information content (AvgIpc) is 2.87. The Morgan fingerprint density at radius 2 is 2.41 bits per heavy atom. The van der Waals surface area contributed by atoms with Crippen LogP contribution < -0.4 is 4.90 Å². The van der Waals surface area contributed by atoms with Gasteiger partial charge in [0.15, 0.2) is 0 Å². The standard InChI is InChI=1S/C13H15FN2O/c14-8-10-2-1-6-16(9-10)13-11-4-7-17-12(11)3-5-15-13/h3-5,7,10H,1-2,6,8-9H2. The predicted octanol–water partition coefficient (Wildman–Crippen LogP) is 3.01. The molecule has 3 nitrogen and oxygen atoms in total. The van der Waals surface area contributed by atoms with E-state index in [1.807, 2.05) is 12.1 Å². The number of aromatic nitrogens is 1. The zero-order chi connectivity index (χ0) is 11.7. The minimum atomic E-state index is -0.238. The summed E-state index contributed by atoms with van der Waals surface area (Å²) < 4.78 is 18.1. The number of furan rings is 1. The van der Waals surface area contributed by atoms with Gasteiger partial charge in [-0.15, -0.1) is 0 Å². The third-order valence-corrected chi connectivity index (χ3v) is 3.40. The van der Waals surface area contributed by atoms with Crippen LogP contribution in [-0.2, 0) is 0 Å². The van der Waals surface area contributed by atoms with E-state index in [1.54, 1.807) is 12.5 Å². The molecule has 1 unspecified atom stereocenters. The molecule has 1 aliphatic heterocycles. The zero-order valence-corrected chi connectivity index (χ0v) is 9.60. The quantitative estimate of drug-likeness (QED) is 0.799. The molecule has 1 saturated heterocycles. The number of fused-ring (bicyclic) bond motifs is 1. The molecule has 0 bridgehead atoms. The lowest BCUT2D eigenvalue weighted by Gasteiger charge is -2.32. The molecule has 1 fully saturated rings. The zero-order valence-electron chi connectivity index (χ0n) is 9.60. The van der Waals surface area contributed by atoms with Gasteiger partial charge in [-0.25, -0.2) is 4.98 Å². The maximum atomic E-state index is 12.8. The monoisotopic (exact) mass is 234 g/mol. The Morgan fingerprint density at radius 1 is 1.47 bits per heavy atom. The van der Waals surface area contributed by atoms with Crippen molar-refractivity contribution in [1.82, 2.24) is 4.98 Å². The Bertz CT molecular complexity index is 511. The number of hydrogen-bond donors (Lipinski definition) is 0. The van der Waals surface area contributed by atoms with Gasteiger partial charge in [-0.1, -0.05) is 0 Å². The number of anilines is 1. The fourth-order valence-corrected chi connectivity index (χ4v) is 2.52. The van der Waals surface area contributed by atoms with Gasteiger partial charge in [0.05, 0.1) is 18.3 Å². The van der Waals surface area contributed by atoms with E-state index in [0.717, 1.165) is 42.7 Å². The van der Waals surface area contributed by atoms with Crippen LogP contribution in [0.15, 0.2) is 29.0 Å². The second kappa shape index (κ2) is 4.35. The Balaban J connectivity index is 1.94. The molecule has 17 heavy (non-hydrogen) atoms. The van der Waals surface area contributed by atoms with Crippen LogP contribution in [0.3, 0.4) is 0 Å². The molecule has 0 saturated carbocycles. The van der Waals surface area contributed by atoms with Gasteiger partial charge in [0.25, 0.3) is 0 Å². The smallest absolute Gasteiger partial charge is 0.139 e. The highest BCUT2D eigenvalue weighted by Gasteiger charge is 2.22. The van der Waals surface area contributed by atoms with Crippen LogP contribution in [-0.4, -0.2) is 24.7 Å². The third-order valence-electron chi connectivity index (χ3n) is 3.40. The molecule has 2 aromatic heterocycles. The van der Waals surface area contributed by atoms with Gasteiger partial charge in [0.1, 0.15) is 11.4 Å². The molecular formula is C13H15FN2O. The topological polar surface area (TPSA) is 29.3 Å². The normalized spacial score (nSPS) is 21.0. The van der Waals surface area contributed by atoms with Gasteiger partial charge in [-0.3, -0.25) is 4.39 Å². The van der Waals surface area contributed by atoms with Crippen molar-refractivity contribution >= 4 is 16.8 Å². The van der Waals surface area contributed by atoms with Crippen molar-refractivity contribution in [2.75, 3.05) is 24.7 Å². The van der Waals surface area contributed by atoms with E-state index in [0.29, 0.717) is 0 Å². The number of rotatable bonds is 2. The summed E-state index contributed by atoms with van der Waals surface area (Å²) in [5, 5.41) is 1.02. The molecule has 3 heterocycles. The summed E-state index contributed by atoms with van der Waals surface area (Å²) >= 11 is 0. The van der Waals surface area contributed by atoms with E-state index in [4.69, 9.17) is 4.42 Å². The lowest BCUT2D eigenvalue weighted by molar-refractivity contribution is 0.315. The molecule has 1 atom stereocenters. The van der Waals surface area contributed by atoms with Crippen LogP contribution in [0, 0.1) is 5.92 Å². The SMILES string of the molecule is FCC1CCCN(c2nccc3occc23)C1. The fraction of sp³-hybridized carbons (Fsp3) is 0.462. The number of piperidine rings is 1. The number of hydrogen-bond acceptors (Lipinski definition) is 3. The molecule has 0 N–H and O–H groups in total. The van der Waals surface area contributed by atoms with Crippen molar-refractivity contribution in [3.05, 3.63) is 24.6 Å². The van der Waals surface area contributed by atoms with Gasteiger partial charge < -0.3 is 9.32 Å². The minimum absolute atomic E-state index is 0.146. The van der Waals surface area contributed by atoms with Gasteiger partial charge in [0.2, 0.25) is 0 Å². The summed E-state index contributed by atoms with van der Waals surface area (Å²) in [4.78, 5) is 6.59. The van der Waals surface area contributed by atoms with Crippen molar-refractivity contribution in [2.45, 2.75) is 12.8 Å². The van der Waals surface area contributed by atoms with E-state index < -0.39 is 0 Å². The van der Waals surface area contributed by atoms with Crippen LogP contribution in [0.25, 0.3) is 11.0 Å². The molecule has 3 rings (SSSR count). The maximum absolute atomic E-state index is 12.8. The molecule has 90 valence electrons. The van der Waals surface area contributed by atoms with E-state index in [-0.39, 0.29) is 12.6 Å². The van der Waals surface area contributed by atoms with Crippen molar-refractivity contribution in [1.29, 1.82) is 0 Å². The molecule has 0 amide bonds. The van der Waals surface area contributed by atoms with Crippen molar-refractivity contribution < 1.29 is 8.81 Å². The fourth-order valence-electron chi connectivity index (χ4n) is 2.52. The third kappa shape index (κ3) is 1.88. The Kier molecular flexibility index (Phi) is 2.71. The molecule has 0 radical (unpaired) electrons. The molecule has 1 aliphatic rings. The number of halogens is 1. The summed E-state index contributed by atoms with van der Waals surface area (Å²) in [5.74, 6) is 1.07. The van der Waals surface area contributed by atoms with Gasteiger partial charge in [-0.2, -0.15) is 0 Å². The Labute approximate surface area is 99.2 Å². The Morgan fingerprint density at radius 3 is 3.29 bits per heavy atom. The second-order valence-corrected chi connectivity index (χ2v) is 4.58. The first-order chi connectivity index (χ1) is 8.38. The molecule has 0 aromatic carbocycles. The van der Waals surface area contributed by atoms with Gasteiger partial charge >= 0.3 is 0 Å². The first kappa shape index (κ1) is 10.6. The average molecular weight is 234 g/mol. The van der Waals surface area contributed by atoms with E-state index in [1.165, 1.54) is 0 Å². The highest BCUT2D eigenvalue weighted by atomic mass is 19.1. The van der Waals surface area contributed by atoms with Crippen molar-refractivity contribution in [3.63, 3.8) is 0 Å². The van der Waals surface area contributed by atoms with Crippen molar-refractivity contribution in [3.8, 4) is 0 Å². The number of pyridine rings is 1. The van der Waals surface area contributed by atoms with Gasteiger partial charge in [-0.05, 0) is 25.0 Å². The summed E-state index contributed by atoms with van der Waals surface area (Å²) in [5.41, 5.74) is 0.845. The summed E-state index contributed by atoms with van der Waals surface area (Å²) in [7, 11) is 0. The molecule has 0 spiro atoms. The summed E-state index contributed by atoms with van der Waals surface area (Å²) in [6.07, 6.45) is 5.44. The highest BCUT2D eigenvalue weighted by molar-refractivity contribution is 5.88.